The topological polar surface area (TPSA) is 99.3 Å². The molecule has 7 nitrogen and oxygen atoms in total. The van der Waals surface area contributed by atoms with Crippen molar-refractivity contribution >= 4 is 17.7 Å². The fraction of sp³-hybridized carbons (Fsp3) is 0.824. The van der Waals surface area contributed by atoms with Crippen molar-refractivity contribution in [1.29, 1.82) is 0 Å². The van der Waals surface area contributed by atoms with Crippen molar-refractivity contribution in [3.8, 4) is 0 Å². The Balaban J connectivity index is 2.30. The predicted molar refractivity (Wildman–Crippen MR) is 93.4 cm³/mol. The highest BCUT2D eigenvalue weighted by Gasteiger charge is 2.34. The van der Waals surface area contributed by atoms with Gasteiger partial charge in [-0.25, -0.2) is 0 Å². The number of unbranched alkanes of at least 4 members (excludes halogenated alkanes) is 2. The Hall–Kier alpha value is -1.63. The second-order valence-corrected chi connectivity index (χ2v) is 6.63. The van der Waals surface area contributed by atoms with Crippen LogP contribution < -0.4 is 21.3 Å². The molecule has 2 unspecified atom stereocenters. The van der Waals surface area contributed by atoms with E-state index in [4.69, 9.17) is 0 Å². The van der Waals surface area contributed by atoms with E-state index in [0.717, 1.165) is 32.2 Å². The Kier molecular flexibility index (Phi) is 9.37. The number of nitrogens with one attached hydrogen (secondary N) is 4. The molecule has 0 radical (unpaired) electrons. The summed E-state index contributed by atoms with van der Waals surface area (Å²) in [4.78, 5) is 36.0. The predicted octanol–water partition coefficient (Wildman–Crippen LogP) is 0.444. The van der Waals surface area contributed by atoms with E-state index in [9.17, 15) is 14.4 Å². The second kappa shape index (κ2) is 11.0. The van der Waals surface area contributed by atoms with E-state index in [-0.39, 0.29) is 24.1 Å². The first-order valence-corrected chi connectivity index (χ1v) is 9.04. The van der Waals surface area contributed by atoms with Crippen LogP contribution in [0, 0.1) is 0 Å². The van der Waals surface area contributed by atoms with Crippen LogP contribution in [0.5, 0.6) is 0 Å². The summed E-state index contributed by atoms with van der Waals surface area (Å²) in [6.07, 6.45) is 4.47. The third-order valence-corrected chi connectivity index (χ3v) is 3.98. The molecular formula is C17H32N4O3. The van der Waals surface area contributed by atoms with Crippen molar-refractivity contribution in [3.63, 3.8) is 0 Å². The molecule has 0 aromatic rings. The van der Waals surface area contributed by atoms with Crippen LogP contribution in [-0.2, 0) is 14.4 Å². The molecule has 0 aliphatic carbocycles. The summed E-state index contributed by atoms with van der Waals surface area (Å²) in [7, 11) is 0. The lowest BCUT2D eigenvalue weighted by molar-refractivity contribution is -0.138. The zero-order chi connectivity index (χ0) is 17.9. The van der Waals surface area contributed by atoms with Crippen molar-refractivity contribution < 1.29 is 14.4 Å². The maximum absolute atomic E-state index is 12.1. The Morgan fingerprint density at radius 3 is 2.38 bits per heavy atom. The third-order valence-electron chi connectivity index (χ3n) is 3.98. The minimum atomic E-state index is -0.770. The standard InChI is InChI=1S/C17H32N4O3/c1-4-5-6-9-19-15(22)11-14-17(24)20-13(16(23)21-14)8-7-10-18-12(2)3/h12-14,18H,4-11H2,1-3H3,(H,19,22)(H,20,24)(H,21,23). The molecule has 0 aromatic heterocycles. The molecule has 0 aromatic carbocycles. The SMILES string of the molecule is CCCCCNC(=O)CC1NC(=O)C(CCCNC(C)C)NC1=O. The van der Waals surface area contributed by atoms with Crippen LogP contribution in [0.25, 0.3) is 0 Å². The van der Waals surface area contributed by atoms with E-state index >= 15 is 0 Å². The fourth-order valence-corrected chi connectivity index (χ4v) is 2.58. The highest BCUT2D eigenvalue weighted by Crippen LogP contribution is 2.06. The van der Waals surface area contributed by atoms with Crippen molar-refractivity contribution in [2.75, 3.05) is 13.1 Å². The van der Waals surface area contributed by atoms with E-state index in [1.807, 2.05) is 0 Å². The molecule has 1 aliphatic heterocycles. The molecular weight excluding hydrogens is 308 g/mol. The minimum Gasteiger partial charge on any atom is -0.356 e. The molecule has 138 valence electrons. The monoisotopic (exact) mass is 340 g/mol. The average Bonchev–Trinajstić information content (AvgIpc) is 2.52. The maximum Gasteiger partial charge on any atom is 0.243 e. The van der Waals surface area contributed by atoms with Gasteiger partial charge in [0.15, 0.2) is 0 Å². The molecule has 1 rings (SSSR count). The second-order valence-electron chi connectivity index (χ2n) is 6.63. The van der Waals surface area contributed by atoms with E-state index in [2.05, 4.69) is 42.0 Å². The van der Waals surface area contributed by atoms with Gasteiger partial charge >= 0.3 is 0 Å². The summed E-state index contributed by atoms with van der Waals surface area (Å²) in [5, 5.41) is 11.5. The van der Waals surface area contributed by atoms with Crippen LogP contribution in [0.15, 0.2) is 0 Å². The lowest BCUT2D eigenvalue weighted by Gasteiger charge is -2.29. The maximum atomic E-state index is 12.1. The van der Waals surface area contributed by atoms with Gasteiger partial charge in [0.1, 0.15) is 12.1 Å². The first kappa shape index (κ1) is 20.4. The van der Waals surface area contributed by atoms with Gasteiger partial charge in [-0.15, -0.1) is 0 Å². The summed E-state index contributed by atoms with van der Waals surface area (Å²) < 4.78 is 0. The largest absolute Gasteiger partial charge is 0.356 e. The van der Waals surface area contributed by atoms with Crippen molar-refractivity contribution in [2.45, 2.75) is 77.4 Å². The van der Waals surface area contributed by atoms with Gasteiger partial charge in [0.2, 0.25) is 17.7 Å². The van der Waals surface area contributed by atoms with E-state index in [0.29, 0.717) is 19.0 Å². The van der Waals surface area contributed by atoms with Gasteiger partial charge in [-0.3, -0.25) is 14.4 Å². The van der Waals surface area contributed by atoms with E-state index in [1.54, 1.807) is 0 Å². The van der Waals surface area contributed by atoms with Crippen molar-refractivity contribution in [2.24, 2.45) is 0 Å². The van der Waals surface area contributed by atoms with Crippen LogP contribution in [0.4, 0.5) is 0 Å². The number of carbonyl (C=O) groups excluding carboxylic acids is 3. The molecule has 24 heavy (non-hydrogen) atoms. The van der Waals surface area contributed by atoms with Gasteiger partial charge < -0.3 is 21.3 Å². The zero-order valence-electron chi connectivity index (χ0n) is 15.1. The van der Waals surface area contributed by atoms with Gasteiger partial charge in [-0.05, 0) is 25.8 Å². The minimum absolute atomic E-state index is 0.00861. The molecule has 3 amide bonds. The quantitative estimate of drug-likeness (QED) is 0.410. The molecule has 0 saturated carbocycles. The van der Waals surface area contributed by atoms with Gasteiger partial charge in [0.05, 0.1) is 6.42 Å². The summed E-state index contributed by atoms with van der Waals surface area (Å²) in [5.41, 5.74) is 0. The van der Waals surface area contributed by atoms with Crippen molar-refractivity contribution in [1.82, 2.24) is 21.3 Å². The first-order valence-electron chi connectivity index (χ1n) is 9.04. The van der Waals surface area contributed by atoms with Gasteiger partial charge in [-0.1, -0.05) is 33.6 Å². The number of piperazine rings is 1. The van der Waals surface area contributed by atoms with Crippen LogP contribution >= 0.6 is 0 Å². The smallest absolute Gasteiger partial charge is 0.243 e. The van der Waals surface area contributed by atoms with E-state index < -0.39 is 12.1 Å². The van der Waals surface area contributed by atoms with Crippen LogP contribution in [0.1, 0.15) is 59.3 Å². The number of hydrogen-bond acceptors (Lipinski definition) is 4. The van der Waals surface area contributed by atoms with Gasteiger partial charge in [-0.2, -0.15) is 0 Å². The average molecular weight is 340 g/mol. The molecule has 0 bridgehead atoms. The lowest BCUT2D eigenvalue weighted by atomic mass is 10.0. The van der Waals surface area contributed by atoms with Crippen LogP contribution in [0.3, 0.4) is 0 Å². The summed E-state index contributed by atoms with van der Waals surface area (Å²) in [6, 6.07) is -0.871. The summed E-state index contributed by atoms with van der Waals surface area (Å²) >= 11 is 0. The van der Waals surface area contributed by atoms with Crippen LogP contribution in [0.2, 0.25) is 0 Å². The normalized spacial score (nSPS) is 20.7. The highest BCUT2D eigenvalue weighted by molar-refractivity contribution is 5.99. The lowest BCUT2D eigenvalue weighted by Crippen LogP contribution is -2.62. The molecule has 2 atom stereocenters. The van der Waals surface area contributed by atoms with Gasteiger partial charge in [0, 0.05) is 12.6 Å². The Morgan fingerprint density at radius 2 is 1.71 bits per heavy atom. The first-order chi connectivity index (χ1) is 11.4. The summed E-state index contributed by atoms with van der Waals surface area (Å²) in [6.45, 7) is 7.64. The Labute approximate surface area is 144 Å². The van der Waals surface area contributed by atoms with Gasteiger partial charge in [0.25, 0.3) is 0 Å². The molecule has 7 heteroatoms. The Morgan fingerprint density at radius 1 is 1.04 bits per heavy atom. The summed E-state index contributed by atoms with van der Waals surface area (Å²) in [5.74, 6) is -0.686. The van der Waals surface area contributed by atoms with E-state index in [1.165, 1.54) is 0 Å². The number of hydrogen-bond donors (Lipinski definition) is 4. The molecule has 1 fully saturated rings. The Bertz CT molecular complexity index is 426. The molecule has 0 spiro atoms. The fourth-order valence-electron chi connectivity index (χ4n) is 2.58. The number of carbonyl (C=O) groups is 3. The third kappa shape index (κ3) is 7.77. The number of amides is 3. The molecule has 1 saturated heterocycles. The zero-order valence-corrected chi connectivity index (χ0v) is 15.1. The molecule has 1 aliphatic rings. The highest BCUT2D eigenvalue weighted by atomic mass is 16.2. The number of rotatable bonds is 11. The van der Waals surface area contributed by atoms with Crippen LogP contribution in [-0.4, -0.2) is 48.9 Å². The molecule has 4 N–H and O–H groups in total. The van der Waals surface area contributed by atoms with Crippen molar-refractivity contribution in [3.05, 3.63) is 0 Å². The molecule has 1 heterocycles.